The van der Waals surface area contributed by atoms with Crippen LogP contribution >= 0.6 is 0 Å². The van der Waals surface area contributed by atoms with Gasteiger partial charge in [0.25, 0.3) is 0 Å². The SMILES string of the molecule is C1=CC2=C(Cc3c2cc(-c2nc(-c4ccccc4)c4ccccc4n2)cc3-c2ccccc2)C(c2cccc3c2c2ccccc2n3-c2ccccc2)C1. The summed E-state index contributed by atoms with van der Waals surface area (Å²) in [7, 11) is 0. The molecule has 2 aliphatic rings. The van der Waals surface area contributed by atoms with Crippen LogP contribution in [0.2, 0.25) is 0 Å². The Labute approximate surface area is 314 Å². The van der Waals surface area contributed by atoms with Crippen LogP contribution in [0.4, 0.5) is 0 Å². The van der Waals surface area contributed by atoms with Gasteiger partial charge < -0.3 is 4.57 Å². The van der Waals surface area contributed by atoms with E-state index in [0.717, 1.165) is 46.4 Å². The second-order valence-corrected chi connectivity index (χ2v) is 14.4. The predicted molar refractivity (Wildman–Crippen MR) is 224 cm³/mol. The lowest BCUT2D eigenvalue weighted by atomic mass is 9.80. The molecule has 2 heterocycles. The summed E-state index contributed by atoms with van der Waals surface area (Å²) < 4.78 is 2.43. The Kier molecular flexibility index (Phi) is 7.06. The van der Waals surface area contributed by atoms with Crippen molar-refractivity contribution in [3.8, 4) is 39.5 Å². The third kappa shape index (κ3) is 4.82. The third-order valence-corrected chi connectivity index (χ3v) is 11.4. The summed E-state index contributed by atoms with van der Waals surface area (Å²) in [6.45, 7) is 0. The van der Waals surface area contributed by atoms with Crippen LogP contribution in [0.25, 0.3) is 77.7 Å². The molecule has 2 aliphatic carbocycles. The number of allylic oxidation sites excluding steroid dienone is 4. The number of hydrogen-bond acceptors (Lipinski definition) is 2. The number of para-hydroxylation sites is 3. The molecule has 54 heavy (non-hydrogen) atoms. The Balaban J connectivity index is 1.11. The highest BCUT2D eigenvalue weighted by molar-refractivity contribution is 6.11. The lowest BCUT2D eigenvalue weighted by molar-refractivity contribution is 0.791. The van der Waals surface area contributed by atoms with E-state index in [2.05, 4.69) is 187 Å². The first-order valence-corrected chi connectivity index (χ1v) is 18.8. The van der Waals surface area contributed by atoms with Gasteiger partial charge in [0, 0.05) is 38.9 Å². The lowest BCUT2D eigenvalue weighted by Crippen LogP contribution is -2.06. The van der Waals surface area contributed by atoms with E-state index in [1.807, 2.05) is 0 Å². The first-order valence-electron chi connectivity index (χ1n) is 18.8. The zero-order valence-corrected chi connectivity index (χ0v) is 29.7. The quantitative estimate of drug-likeness (QED) is 0.180. The predicted octanol–water partition coefficient (Wildman–Crippen LogP) is 12.8. The van der Waals surface area contributed by atoms with Gasteiger partial charge in [0.2, 0.25) is 0 Å². The standard InChI is InChI=1S/C51H35N3/c1-4-16-33(17-5-1)42-30-35(51-52-46-27-12-10-22-40(46)50(53-51)34-18-6-2-7-19-34)31-43-38-25-14-24-37(44(38)32-45(42)43)39-26-15-29-48-49(39)41-23-11-13-28-47(41)54(48)36-20-8-3-9-21-36/h1-23,25-31,37H,24,32H2. The van der Waals surface area contributed by atoms with E-state index in [4.69, 9.17) is 9.97 Å². The van der Waals surface area contributed by atoms with E-state index >= 15 is 0 Å². The summed E-state index contributed by atoms with van der Waals surface area (Å²) in [4.78, 5) is 10.5. The minimum Gasteiger partial charge on any atom is -0.309 e. The fourth-order valence-corrected chi connectivity index (χ4v) is 9.07. The zero-order valence-electron chi connectivity index (χ0n) is 29.7. The van der Waals surface area contributed by atoms with Crippen molar-refractivity contribution >= 4 is 38.3 Å². The van der Waals surface area contributed by atoms with Crippen molar-refractivity contribution in [2.75, 3.05) is 0 Å². The van der Waals surface area contributed by atoms with Crippen molar-refractivity contribution in [2.45, 2.75) is 18.8 Å². The topological polar surface area (TPSA) is 30.7 Å². The smallest absolute Gasteiger partial charge is 0.160 e. The molecule has 1 unspecified atom stereocenters. The van der Waals surface area contributed by atoms with Crippen LogP contribution in [0.5, 0.6) is 0 Å². The van der Waals surface area contributed by atoms with Crippen molar-refractivity contribution in [3.05, 3.63) is 204 Å². The minimum absolute atomic E-state index is 0.254. The second-order valence-electron chi connectivity index (χ2n) is 14.4. The highest BCUT2D eigenvalue weighted by Crippen LogP contribution is 2.51. The molecule has 0 saturated carbocycles. The fraction of sp³-hybridized carbons (Fsp3) is 0.0588. The Morgan fingerprint density at radius 1 is 0.537 bits per heavy atom. The minimum atomic E-state index is 0.254. The molecule has 0 fully saturated rings. The number of benzene rings is 7. The largest absolute Gasteiger partial charge is 0.309 e. The summed E-state index contributed by atoms with van der Waals surface area (Å²) in [5, 5.41) is 3.71. The van der Waals surface area contributed by atoms with E-state index in [1.54, 1.807) is 0 Å². The molecular weight excluding hydrogens is 655 g/mol. The summed E-state index contributed by atoms with van der Waals surface area (Å²) in [5.74, 6) is 1.00. The molecule has 1 atom stereocenters. The van der Waals surface area contributed by atoms with E-state index in [-0.39, 0.29) is 5.92 Å². The number of fused-ring (bicyclic) bond motifs is 6. The van der Waals surface area contributed by atoms with Crippen molar-refractivity contribution in [1.82, 2.24) is 14.5 Å². The van der Waals surface area contributed by atoms with Gasteiger partial charge in [-0.3, -0.25) is 0 Å². The molecule has 0 saturated heterocycles. The maximum absolute atomic E-state index is 5.31. The van der Waals surface area contributed by atoms with Gasteiger partial charge in [-0.1, -0.05) is 145 Å². The van der Waals surface area contributed by atoms with Crippen LogP contribution < -0.4 is 0 Å². The van der Waals surface area contributed by atoms with Gasteiger partial charge in [-0.05, 0) is 88.7 Å². The van der Waals surface area contributed by atoms with Gasteiger partial charge in [0.15, 0.2) is 5.82 Å². The molecule has 0 aliphatic heterocycles. The van der Waals surface area contributed by atoms with Crippen LogP contribution in [0.1, 0.15) is 29.0 Å². The molecule has 11 rings (SSSR count). The zero-order chi connectivity index (χ0) is 35.6. The van der Waals surface area contributed by atoms with Crippen molar-refractivity contribution in [1.29, 1.82) is 0 Å². The first-order chi connectivity index (χ1) is 26.8. The average molecular weight is 690 g/mol. The van der Waals surface area contributed by atoms with Crippen LogP contribution in [-0.2, 0) is 6.42 Å². The Morgan fingerprint density at radius 3 is 2.02 bits per heavy atom. The van der Waals surface area contributed by atoms with Crippen LogP contribution in [0.3, 0.4) is 0 Å². The Morgan fingerprint density at radius 2 is 1.20 bits per heavy atom. The van der Waals surface area contributed by atoms with Gasteiger partial charge in [0.05, 0.1) is 22.2 Å². The monoisotopic (exact) mass is 689 g/mol. The average Bonchev–Trinajstić information content (AvgIpc) is 3.80. The van der Waals surface area contributed by atoms with Gasteiger partial charge >= 0.3 is 0 Å². The van der Waals surface area contributed by atoms with E-state index in [0.29, 0.717) is 0 Å². The molecule has 3 nitrogen and oxygen atoms in total. The highest BCUT2D eigenvalue weighted by atomic mass is 15.0. The molecular formula is C51H35N3. The molecule has 3 heteroatoms. The Hall–Kier alpha value is -6.84. The van der Waals surface area contributed by atoms with E-state index in [9.17, 15) is 0 Å². The van der Waals surface area contributed by atoms with Crippen LogP contribution in [0.15, 0.2) is 188 Å². The fourth-order valence-electron chi connectivity index (χ4n) is 9.07. The number of nitrogens with zero attached hydrogens (tertiary/aromatic N) is 3. The molecule has 254 valence electrons. The number of rotatable bonds is 5. The van der Waals surface area contributed by atoms with E-state index < -0.39 is 0 Å². The highest BCUT2D eigenvalue weighted by Gasteiger charge is 2.33. The Bertz CT molecular complexity index is 2970. The normalized spacial score (nSPS) is 14.9. The van der Waals surface area contributed by atoms with Crippen molar-refractivity contribution in [3.63, 3.8) is 0 Å². The number of aromatic nitrogens is 3. The van der Waals surface area contributed by atoms with Gasteiger partial charge in [0.1, 0.15) is 0 Å². The molecule has 0 N–H and O–H groups in total. The van der Waals surface area contributed by atoms with Crippen molar-refractivity contribution < 1.29 is 0 Å². The summed E-state index contributed by atoms with van der Waals surface area (Å²) in [6.07, 6.45) is 6.65. The van der Waals surface area contributed by atoms with Gasteiger partial charge in [-0.2, -0.15) is 0 Å². The molecule has 0 bridgehead atoms. The number of hydrogen-bond donors (Lipinski definition) is 0. The first kappa shape index (κ1) is 30.8. The lowest BCUT2D eigenvalue weighted by Gasteiger charge is -2.23. The molecule has 0 spiro atoms. The third-order valence-electron chi connectivity index (χ3n) is 11.4. The van der Waals surface area contributed by atoms with Crippen molar-refractivity contribution in [2.24, 2.45) is 0 Å². The summed E-state index contributed by atoms with van der Waals surface area (Å²) >= 11 is 0. The summed E-state index contributed by atoms with van der Waals surface area (Å²) in [6, 6.07) is 61.0. The molecule has 2 aromatic heterocycles. The van der Waals surface area contributed by atoms with Crippen LogP contribution in [-0.4, -0.2) is 14.5 Å². The molecule has 0 amide bonds. The molecule has 9 aromatic rings. The molecule has 0 radical (unpaired) electrons. The van der Waals surface area contributed by atoms with Crippen LogP contribution in [0, 0.1) is 0 Å². The maximum Gasteiger partial charge on any atom is 0.160 e. The van der Waals surface area contributed by atoms with E-state index in [1.165, 1.54) is 66.5 Å². The second kappa shape index (κ2) is 12.4. The summed E-state index contributed by atoms with van der Waals surface area (Å²) in [5.41, 5.74) is 17.1. The van der Waals surface area contributed by atoms with Gasteiger partial charge in [-0.25, -0.2) is 9.97 Å². The molecule has 7 aromatic carbocycles. The maximum atomic E-state index is 5.31. The van der Waals surface area contributed by atoms with Gasteiger partial charge in [-0.15, -0.1) is 0 Å².